The molecule has 0 aliphatic carbocycles. The van der Waals surface area contributed by atoms with E-state index in [1.54, 1.807) is 14.1 Å². The van der Waals surface area contributed by atoms with Crippen LogP contribution in [-0.2, 0) is 33.4 Å². The van der Waals surface area contributed by atoms with Gasteiger partial charge in [0.15, 0.2) is 0 Å². The lowest BCUT2D eigenvalue weighted by molar-refractivity contribution is -0.139. The maximum absolute atomic E-state index is 13.7. The number of carbonyl (C=O) groups is 3. The van der Waals surface area contributed by atoms with Gasteiger partial charge in [-0.05, 0) is 42.6 Å². The van der Waals surface area contributed by atoms with Gasteiger partial charge in [-0.15, -0.1) is 0 Å². The molecule has 0 spiro atoms. The predicted octanol–water partition coefficient (Wildman–Crippen LogP) is 2.52. The lowest BCUT2D eigenvalue weighted by Gasteiger charge is -2.38. The zero-order valence-electron chi connectivity index (χ0n) is 23.6. The summed E-state index contributed by atoms with van der Waals surface area (Å²) in [6.45, 7) is 11.7. The number of rotatable bonds is 10. The van der Waals surface area contributed by atoms with Gasteiger partial charge < -0.3 is 30.9 Å². The third-order valence-corrected chi connectivity index (χ3v) is 7.04. The molecular weight excluding hydrogens is 470 g/mol. The number of aliphatic carboxylic acids is 1. The quantitative estimate of drug-likeness (QED) is 0.361. The highest BCUT2D eigenvalue weighted by Gasteiger charge is 2.41. The van der Waals surface area contributed by atoms with Crippen LogP contribution in [0.25, 0.3) is 10.9 Å². The van der Waals surface area contributed by atoms with E-state index < -0.39 is 28.9 Å². The molecular formula is C28H43N5O4. The first-order chi connectivity index (χ1) is 17.1. The van der Waals surface area contributed by atoms with Crippen molar-refractivity contribution in [2.45, 2.75) is 65.6 Å². The Hall–Kier alpha value is -3.17. The van der Waals surface area contributed by atoms with Gasteiger partial charge in [0, 0.05) is 55.3 Å². The lowest BCUT2D eigenvalue weighted by Crippen LogP contribution is -2.60. The topological polar surface area (TPSA) is 130 Å². The summed E-state index contributed by atoms with van der Waals surface area (Å²) >= 11 is 0. The molecule has 0 saturated heterocycles. The van der Waals surface area contributed by atoms with Crippen molar-refractivity contribution in [2.24, 2.45) is 18.2 Å². The van der Waals surface area contributed by atoms with Crippen LogP contribution in [0.15, 0.2) is 36.0 Å². The average molecular weight is 514 g/mol. The summed E-state index contributed by atoms with van der Waals surface area (Å²) in [6, 6.07) is 4.66. The molecule has 0 aliphatic rings. The normalized spacial score (nSPS) is 14.4. The molecule has 2 aromatic rings. The summed E-state index contributed by atoms with van der Waals surface area (Å²) in [6.07, 6.45) is 3.53. The smallest absolute Gasteiger partial charge is 0.331 e. The molecule has 0 aliphatic heterocycles. The number of fused-ring (bicyclic) bond motifs is 1. The average Bonchev–Trinajstić information content (AvgIpc) is 3.16. The number of carboxylic acids is 1. The third-order valence-electron chi connectivity index (χ3n) is 7.04. The molecule has 37 heavy (non-hydrogen) atoms. The van der Waals surface area contributed by atoms with Gasteiger partial charge in [-0.3, -0.25) is 9.59 Å². The molecule has 2 atom stereocenters. The van der Waals surface area contributed by atoms with Crippen molar-refractivity contribution in [1.29, 1.82) is 0 Å². The van der Waals surface area contributed by atoms with Crippen molar-refractivity contribution < 1.29 is 19.5 Å². The summed E-state index contributed by atoms with van der Waals surface area (Å²) in [5.74, 6) is -1.62. The van der Waals surface area contributed by atoms with Crippen LogP contribution in [0.5, 0.6) is 0 Å². The molecule has 204 valence electrons. The Kier molecular flexibility index (Phi) is 9.32. The van der Waals surface area contributed by atoms with Crippen LogP contribution < -0.4 is 16.4 Å². The number of aromatic nitrogens is 1. The molecule has 2 unspecified atom stereocenters. The van der Waals surface area contributed by atoms with Crippen molar-refractivity contribution >= 4 is 28.7 Å². The zero-order chi connectivity index (χ0) is 28.3. The summed E-state index contributed by atoms with van der Waals surface area (Å²) < 4.78 is 2.04. The Labute approximate surface area is 220 Å². The van der Waals surface area contributed by atoms with Crippen LogP contribution in [0.3, 0.4) is 0 Å². The summed E-state index contributed by atoms with van der Waals surface area (Å²) in [4.78, 5) is 39.7. The number of aryl methyl sites for hydroxylation is 1. The van der Waals surface area contributed by atoms with Gasteiger partial charge >= 0.3 is 5.97 Å². The van der Waals surface area contributed by atoms with Gasteiger partial charge in [-0.1, -0.05) is 46.8 Å². The first-order valence-corrected chi connectivity index (χ1v) is 12.5. The number of nitrogens with one attached hydrogen (secondary N) is 2. The zero-order valence-corrected chi connectivity index (χ0v) is 23.6. The van der Waals surface area contributed by atoms with Crippen LogP contribution in [0.1, 0.15) is 52.7 Å². The van der Waals surface area contributed by atoms with E-state index in [9.17, 15) is 14.4 Å². The second kappa shape index (κ2) is 11.5. The monoisotopic (exact) mass is 513 g/mol. The minimum atomic E-state index is -1.03. The predicted molar refractivity (Wildman–Crippen MR) is 147 cm³/mol. The Morgan fingerprint density at radius 1 is 1.16 bits per heavy atom. The first-order valence-electron chi connectivity index (χ1n) is 12.5. The van der Waals surface area contributed by atoms with E-state index in [0.717, 1.165) is 22.0 Å². The molecule has 0 fully saturated rings. The van der Waals surface area contributed by atoms with E-state index in [4.69, 9.17) is 10.8 Å². The van der Waals surface area contributed by atoms with Crippen molar-refractivity contribution in [2.75, 3.05) is 20.6 Å². The van der Waals surface area contributed by atoms with Crippen LogP contribution in [0, 0.1) is 5.41 Å². The molecule has 5 N–H and O–H groups in total. The van der Waals surface area contributed by atoms with Crippen molar-refractivity contribution in [3.63, 3.8) is 0 Å². The molecule has 1 aromatic heterocycles. The number of hydrogen-bond donors (Lipinski definition) is 4. The molecule has 2 rings (SSSR count). The number of likely N-dealkylation sites (N-methyl/N-ethyl adjacent to an activating group) is 2. The van der Waals surface area contributed by atoms with E-state index in [1.807, 2.05) is 64.6 Å². The Balaban J connectivity index is 2.39. The third kappa shape index (κ3) is 6.59. The van der Waals surface area contributed by atoms with E-state index in [0.29, 0.717) is 6.54 Å². The molecule has 2 amide bonds. The van der Waals surface area contributed by atoms with E-state index >= 15 is 0 Å². The highest BCUT2D eigenvalue weighted by atomic mass is 16.4. The summed E-state index contributed by atoms with van der Waals surface area (Å²) in [5.41, 5.74) is 7.89. The van der Waals surface area contributed by atoms with Crippen LogP contribution >= 0.6 is 0 Å². The van der Waals surface area contributed by atoms with Crippen molar-refractivity contribution in [1.82, 2.24) is 20.1 Å². The van der Waals surface area contributed by atoms with Gasteiger partial charge in [-0.25, -0.2) is 4.79 Å². The number of benzene rings is 1. The molecule has 9 nitrogen and oxygen atoms in total. The van der Waals surface area contributed by atoms with E-state index in [-0.39, 0.29) is 23.9 Å². The number of hydrogen-bond acceptors (Lipinski definition) is 5. The fourth-order valence-electron chi connectivity index (χ4n) is 4.60. The molecule has 1 heterocycles. The Bertz CT molecular complexity index is 1190. The van der Waals surface area contributed by atoms with Gasteiger partial charge in [0.25, 0.3) is 0 Å². The Morgan fingerprint density at radius 2 is 1.78 bits per heavy atom. The van der Waals surface area contributed by atoms with Crippen molar-refractivity contribution in [3.8, 4) is 0 Å². The summed E-state index contributed by atoms with van der Waals surface area (Å²) in [5, 5.41) is 16.3. The van der Waals surface area contributed by atoms with Gasteiger partial charge in [-0.2, -0.15) is 0 Å². The second-order valence-corrected chi connectivity index (χ2v) is 11.4. The molecule has 1 aromatic carbocycles. The van der Waals surface area contributed by atoms with Gasteiger partial charge in [0.2, 0.25) is 11.8 Å². The van der Waals surface area contributed by atoms with Crippen LogP contribution in [0.4, 0.5) is 0 Å². The van der Waals surface area contributed by atoms with Crippen molar-refractivity contribution in [3.05, 3.63) is 47.2 Å². The standard InChI is InChI=1S/C28H43N5O4/c1-17(26(36)37)12-13-32(8)25(35)23(27(2,3)4)31-24(34)22(30-7)28(5,6)20-16-33(9)21-11-10-18(15-29)14-19(20)21/h10-12,14,16,22-23,30H,13,15,29H2,1-9H3,(H,31,34)(H,36,37)/b17-12+. The number of carboxylic acid groups (broad SMARTS) is 1. The largest absolute Gasteiger partial charge is 0.478 e. The Morgan fingerprint density at radius 3 is 2.30 bits per heavy atom. The van der Waals surface area contributed by atoms with E-state index in [1.165, 1.54) is 17.9 Å². The number of nitrogens with two attached hydrogens (primary N) is 1. The maximum Gasteiger partial charge on any atom is 0.331 e. The number of carbonyl (C=O) groups excluding carboxylic acids is 2. The van der Waals surface area contributed by atoms with Gasteiger partial charge in [0.1, 0.15) is 6.04 Å². The summed E-state index contributed by atoms with van der Waals surface area (Å²) in [7, 11) is 5.31. The molecule has 0 bridgehead atoms. The van der Waals surface area contributed by atoms with Crippen LogP contribution in [-0.4, -0.2) is 65.1 Å². The minimum Gasteiger partial charge on any atom is -0.478 e. The highest BCUT2D eigenvalue weighted by molar-refractivity contribution is 5.93. The fraction of sp³-hybridized carbons (Fsp3) is 0.536. The number of amides is 2. The minimum absolute atomic E-state index is 0.125. The fourth-order valence-corrected chi connectivity index (χ4v) is 4.60. The maximum atomic E-state index is 13.7. The van der Waals surface area contributed by atoms with E-state index in [2.05, 4.69) is 16.7 Å². The highest BCUT2D eigenvalue weighted by Crippen LogP contribution is 2.35. The van der Waals surface area contributed by atoms with Crippen LogP contribution in [0.2, 0.25) is 0 Å². The lowest BCUT2D eigenvalue weighted by atomic mass is 9.76. The second-order valence-electron chi connectivity index (χ2n) is 11.4. The number of nitrogens with zero attached hydrogens (tertiary/aromatic N) is 2. The molecule has 0 saturated carbocycles. The SMILES string of the molecule is CNC(C(=O)NC(C(=O)N(C)C/C=C(\C)C(=O)O)C(C)(C)C)C(C)(C)c1cn(C)c2ccc(CN)cc12. The molecule has 0 radical (unpaired) electrons. The first kappa shape index (κ1) is 30.1. The molecule has 9 heteroatoms. The van der Waals surface area contributed by atoms with Gasteiger partial charge in [0.05, 0.1) is 6.04 Å².